The summed E-state index contributed by atoms with van der Waals surface area (Å²) in [4.78, 5) is 12.5. The number of carbonyl (C=O) groups is 1. The highest BCUT2D eigenvalue weighted by molar-refractivity contribution is 9.10. The number of benzene rings is 1. The fourth-order valence-electron chi connectivity index (χ4n) is 2.57. The van der Waals surface area contributed by atoms with E-state index >= 15 is 0 Å². The van der Waals surface area contributed by atoms with Crippen LogP contribution in [0.4, 0.5) is 0 Å². The van der Waals surface area contributed by atoms with E-state index in [0.29, 0.717) is 13.2 Å². The number of hydrogen-bond donors (Lipinski definition) is 2. The Labute approximate surface area is 134 Å². The van der Waals surface area contributed by atoms with Crippen molar-refractivity contribution in [3.05, 3.63) is 34.3 Å². The zero-order valence-corrected chi connectivity index (χ0v) is 14.2. The van der Waals surface area contributed by atoms with Gasteiger partial charge in [-0.25, -0.2) is 0 Å². The molecule has 1 amide bonds. The second-order valence-electron chi connectivity index (χ2n) is 5.46. The zero-order valence-electron chi connectivity index (χ0n) is 12.6. The summed E-state index contributed by atoms with van der Waals surface area (Å²) in [6.45, 7) is 6.14. The molecule has 1 aliphatic rings. The molecule has 0 aliphatic carbocycles. The Morgan fingerprint density at radius 2 is 2.19 bits per heavy atom. The molecule has 1 heterocycles. The Morgan fingerprint density at radius 1 is 1.43 bits per heavy atom. The summed E-state index contributed by atoms with van der Waals surface area (Å²) in [7, 11) is 0. The Morgan fingerprint density at radius 3 is 2.90 bits per heavy atom. The van der Waals surface area contributed by atoms with Crippen molar-refractivity contribution in [3.8, 4) is 0 Å². The van der Waals surface area contributed by atoms with Crippen LogP contribution in [0, 0.1) is 5.92 Å². The summed E-state index contributed by atoms with van der Waals surface area (Å²) in [5.74, 6) is -0.0501. The van der Waals surface area contributed by atoms with Gasteiger partial charge in [0.15, 0.2) is 0 Å². The van der Waals surface area contributed by atoms with Crippen LogP contribution in [0.1, 0.15) is 31.9 Å². The highest BCUT2D eigenvalue weighted by atomic mass is 79.9. The number of rotatable bonds is 6. The van der Waals surface area contributed by atoms with Crippen molar-refractivity contribution in [2.45, 2.75) is 32.4 Å². The first-order chi connectivity index (χ1) is 10.1. The number of nitrogens with one attached hydrogen (secondary N) is 2. The summed E-state index contributed by atoms with van der Waals surface area (Å²) < 4.78 is 6.48. The van der Waals surface area contributed by atoms with Crippen LogP contribution < -0.4 is 10.6 Å². The fourth-order valence-corrected chi connectivity index (χ4v) is 3.20. The van der Waals surface area contributed by atoms with Crippen molar-refractivity contribution in [1.82, 2.24) is 10.6 Å². The maximum Gasteiger partial charge on any atom is 0.227 e. The molecule has 3 unspecified atom stereocenters. The molecule has 2 N–H and O–H groups in total. The average Bonchev–Trinajstić information content (AvgIpc) is 2.93. The molecule has 116 valence electrons. The minimum Gasteiger partial charge on any atom is -0.379 e. The van der Waals surface area contributed by atoms with Crippen LogP contribution >= 0.6 is 15.9 Å². The third-order valence-corrected chi connectivity index (χ3v) is 4.53. The fraction of sp³-hybridized carbons (Fsp3) is 0.562. The van der Waals surface area contributed by atoms with Crippen LogP contribution in [-0.4, -0.2) is 31.7 Å². The Balaban J connectivity index is 1.96. The predicted octanol–water partition coefficient (Wildman–Crippen LogP) is 2.64. The lowest BCUT2D eigenvalue weighted by Gasteiger charge is -2.22. The maximum atomic E-state index is 12.5. The van der Waals surface area contributed by atoms with Crippen LogP contribution in [0.25, 0.3) is 0 Å². The van der Waals surface area contributed by atoms with Crippen molar-refractivity contribution in [3.63, 3.8) is 0 Å². The van der Waals surface area contributed by atoms with E-state index in [1.807, 2.05) is 31.2 Å². The van der Waals surface area contributed by atoms with E-state index in [-0.39, 0.29) is 23.9 Å². The van der Waals surface area contributed by atoms with E-state index in [1.54, 1.807) is 0 Å². The third kappa shape index (κ3) is 4.28. The van der Waals surface area contributed by atoms with E-state index in [4.69, 9.17) is 4.74 Å². The van der Waals surface area contributed by atoms with Gasteiger partial charge in [-0.05, 0) is 31.5 Å². The van der Waals surface area contributed by atoms with Gasteiger partial charge < -0.3 is 15.4 Å². The minimum absolute atomic E-state index is 0.0273. The normalized spacial score (nSPS) is 23.0. The van der Waals surface area contributed by atoms with Gasteiger partial charge in [-0.2, -0.15) is 0 Å². The molecule has 1 aromatic carbocycles. The van der Waals surface area contributed by atoms with Crippen LogP contribution in [0.2, 0.25) is 0 Å². The standard InChI is InChI=1S/C16H23BrN2O2/c1-3-8-18-15-10-21-9-13(15)16(20)19-11(2)12-6-4-5-7-14(12)17/h4-7,11,13,15,18H,3,8-10H2,1-2H3,(H,19,20). The molecular formula is C16H23BrN2O2. The molecule has 1 saturated heterocycles. The molecule has 2 rings (SSSR count). The Bertz CT molecular complexity index is 481. The molecule has 4 nitrogen and oxygen atoms in total. The third-order valence-electron chi connectivity index (χ3n) is 3.80. The molecule has 0 spiro atoms. The molecule has 3 atom stereocenters. The lowest BCUT2D eigenvalue weighted by molar-refractivity contribution is -0.126. The minimum atomic E-state index is -0.110. The second kappa shape index (κ2) is 7.92. The highest BCUT2D eigenvalue weighted by Gasteiger charge is 2.34. The van der Waals surface area contributed by atoms with Gasteiger partial charge in [0.1, 0.15) is 0 Å². The van der Waals surface area contributed by atoms with Gasteiger partial charge in [-0.3, -0.25) is 4.79 Å². The molecule has 21 heavy (non-hydrogen) atoms. The first kappa shape index (κ1) is 16.5. The lowest BCUT2D eigenvalue weighted by atomic mass is 10.0. The van der Waals surface area contributed by atoms with Gasteiger partial charge in [-0.15, -0.1) is 0 Å². The van der Waals surface area contributed by atoms with E-state index in [2.05, 4.69) is 33.5 Å². The highest BCUT2D eigenvalue weighted by Crippen LogP contribution is 2.23. The Hall–Kier alpha value is -0.910. The summed E-state index contributed by atoms with van der Waals surface area (Å²) >= 11 is 3.53. The van der Waals surface area contributed by atoms with Crippen molar-refractivity contribution >= 4 is 21.8 Å². The van der Waals surface area contributed by atoms with Crippen LogP contribution in [-0.2, 0) is 9.53 Å². The summed E-state index contributed by atoms with van der Waals surface area (Å²) in [5, 5.41) is 6.49. The predicted molar refractivity (Wildman–Crippen MR) is 87.1 cm³/mol. The maximum absolute atomic E-state index is 12.5. The van der Waals surface area contributed by atoms with Gasteiger partial charge in [0.2, 0.25) is 5.91 Å². The number of carbonyl (C=O) groups excluding carboxylic acids is 1. The van der Waals surface area contributed by atoms with Gasteiger partial charge in [0, 0.05) is 10.5 Å². The van der Waals surface area contributed by atoms with E-state index < -0.39 is 0 Å². The van der Waals surface area contributed by atoms with Crippen LogP contribution in [0.3, 0.4) is 0 Å². The monoisotopic (exact) mass is 354 g/mol. The lowest BCUT2D eigenvalue weighted by Crippen LogP contribution is -2.44. The molecular weight excluding hydrogens is 332 g/mol. The van der Waals surface area contributed by atoms with E-state index in [0.717, 1.165) is 23.0 Å². The van der Waals surface area contributed by atoms with Crippen molar-refractivity contribution in [2.24, 2.45) is 5.92 Å². The molecule has 5 heteroatoms. The first-order valence-electron chi connectivity index (χ1n) is 7.49. The molecule has 0 radical (unpaired) electrons. The summed E-state index contributed by atoms with van der Waals surface area (Å²) in [6, 6.07) is 8.05. The molecule has 1 aliphatic heterocycles. The first-order valence-corrected chi connectivity index (χ1v) is 8.28. The zero-order chi connectivity index (χ0) is 15.2. The molecule has 0 bridgehead atoms. The average molecular weight is 355 g/mol. The van der Waals surface area contributed by atoms with E-state index in [1.165, 1.54) is 0 Å². The number of amides is 1. The van der Waals surface area contributed by atoms with Crippen LogP contribution in [0.15, 0.2) is 28.7 Å². The largest absolute Gasteiger partial charge is 0.379 e. The Kier molecular flexibility index (Phi) is 6.21. The quantitative estimate of drug-likeness (QED) is 0.825. The summed E-state index contributed by atoms with van der Waals surface area (Å²) in [6.07, 6.45) is 1.05. The number of halogens is 1. The number of hydrogen-bond acceptors (Lipinski definition) is 3. The number of ether oxygens (including phenoxy) is 1. The molecule has 1 aromatic rings. The van der Waals surface area contributed by atoms with Crippen molar-refractivity contribution in [2.75, 3.05) is 19.8 Å². The van der Waals surface area contributed by atoms with Gasteiger partial charge in [0.25, 0.3) is 0 Å². The molecule has 0 saturated carbocycles. The second-order valence-corrected chi connectivity index (χ2v) is 6.31. The summed E-state index contributed by atoms with van der Waals surface area (Å²) in [5.41, 5.74) is 1.09. The van der Waals surface area contributed by atoms with E-state index in [9.17, 15) is 4.79 Å². The SMILES string of the molecule is CCCNC1COCC1C(=O)NC(C)c1ccccc1Br. The molecule has 1 fully saturated rings. The smallest absolute Gasteiger partial charge is 0.227 e. The van der Waals surface area contributed by atoms with Gasteiger partial charge >= 0.3 is 0 Å². The van der Waals surface area contributed by atoms with Crippen molar-refractivity contribution in [1.29, 1.82) is 0 Å². The van der Waals surface area contributed by atoms with Crippen molar-refractivity contribution < 1.29 is 9.53 Å². The molecule has 0 aromatic heterocycles. The topological polar surface area (TPSA) is 50.4 Å². The van der Waals surface area contributed by atoms with Gasteiger partial charge in [0.05, 0.1) is 25.2 Å². The van der Waals surface area contributed by atoms with Gasteiger partial charge in [-0.1, -0.05) is 41.1 Å². The van der Waals surface area contributed by atoms with Crippen LogP contribution in [0.5, 0.6) is 0 Å².